The van der Waals surface area contributed by atoms with E-state index in [0.717, 1.165) is 11.3 Å². The van der Waals surface area contributed by atoms with E-state index in [1.165, 1.54) is 0 Å². The molecule has 0 spiro atoms. The van der Waals surface area contributed by atoms with Crippen LogP contribution in [-0.4, -0.2) is 21.3 Å². The van der Waals surface area contributed by atoms with E-state index in [1.54, 1.807) is 27.4 Å². The zero-order valence-electron chi connectivity index (χ0n) is 12.8. The molecule has 2 rings (SSSR count). The SMILES string of the molecule is COc1ccc(CNc2ccccc2C#N)c(OC)c1OC. The minimum Gasteiger partial charge on any atom is -0.493 e. The van der Waals surface area contributed by atoms with Crippen LogP contribution in [0.5, 0.6) is 17.2 Å². The molecule has 5 nitrogen and oxygen atoms in total. The highest BCUT2D eigenvalue weighted by atomic mass is 16.5. The molecular formula is C17H18N2O3. The highest BCUT2D eigenvalue weighted by Gasteiger charge is 2.15. The van der Waals surface area contributed by atoms with Crippen LogP contribution in [0.4, 0.5) is 5.69 Å². The van der Waals surface area contributed by atoms with E-state index in [4.69, 9.17) is 19.5 Å². The normalized spacial score (nSPS) is 9.73. The average Bonchev–Trinajstić information content (AvgIpc) is 2.58. The Bertz CT molecular complexity index is 693. The van der Waals surface area contributed by atoms with E-state index >= 15 is 0 Å². The topological polar surface area (TPSA) is 63.5 Å². The van der Waals surface area contributed by atoms with Crippen molar-refractivity contribution in [2.75, 3.05) is 26.6 Å². The van der Waals surface area contributed by atoms with Gasteiger partial charge in [-0.1, -0.05) is 12.1 Å². The lowest BCUT2D eigenvalue weighted by molar-refractivity contribution is 0.322. The van der Waals surface area contributed by atoms with E-state index in [2.05, 4.69) is 11.4 Å². The maximum atomic E-state index is 9.12. The van der Waals surface area contributed by atoms with Gasteiger partial charge in [-0.2, -0.15) is 5.26 Å². The molecule has 0 unspecified atom stereocenters. The van der Waals surface area contributed by atoms with Gasteiger partial charge in [-0.3, -0.25) is 0 Å². The summed E-state index contributed by atoms with van der Waals surface area (Å²) < 4.78 is 16.1. The Hall–Kier alpha value is -2.87. The molecule has 114 valence electrons. The molecule has 0 atom stereocenters. The van der Waals surface area contributed by atoms with Gasteiger partial charge in [0.15, 0.2) is 11.5 Å². The highest BCUT2D eigenvalue weighted by molar-refractivity contribution is 5.60. The first-order valence-electron chi connectivity index (χ1n) is 6.76. The van der Waals surface area contributed by atoms with Gasteiger partial charge in [-0.05, 0) is 24.3 Å². The van der Waals surface area contributed by atoms with Gasteiger partial charge in [-0.25, -0.2) is 0 Å². The molecule has 0 fully saturated rings. The molecule has 22 heavy (non-hydrogen) atoms. The third-order valence-electron chi connectivity index (χ3n) is 3.30. The highest BCUT2D eigenvalue weighted by Crippen LogP contribution is 2.39. The molecule has 0 saturated carbocycles. The lowest BCUT2D eigenvalue weighted by atomic mass is 10.1. The Labute approximate surface area is 130 Å². The van der Waals surface area contributed by atoms with Crippen LogP contribution in [0.1, 0.15) is 11.1 Å². The van der Waals surface area contributed by atoms with Gasteiger partial charge in [0.25, 0.3) is 0 Å². The third-order valence-corrected chi connectivity index (χ3v) is 3.30. The molecule has 2 aromatic rings. The van der Waals surface area contributed by atoms with Crippen molar-refractivity contribution in [2.24, 2.45) is 0 Å². The molecule has 2 aromatic carbocycles. The fourth-order valence-corrected chi connectivity index (χ4v) is 2.23. The molecule has 0 aliphatic heterocycles. The second kappa shape index (κ2) is 7.23. The summed E-state index contributed by atoms with van der Waals surface area (Å²) in [6.07, 6.45) is 0. The van der Waals surface area contributed by atoms with Crippen molar-refractivity contribution >= 4 is 5.69 Å². The Morgan fingerprint density at radius 1 is 0.955 bits per heavy atom. The molecule has 5 heteroatoms. The van der Waals surface area contributed by atoms with Gasteiger partial charge < -0.3 is 19.5 Å². The zero-order valence-corrected chi connectivity index (χ0v) is 12.8. The Kier molecular flexibility index (Phi) is 5.10. The summed E-state index contributed by atoms with van der Waals surface area (Å²) in [4.78, 5) is 0. The summed E-state index contributed by atoms with van der Waals surface area (Å²) in [7, 11) is 4.74. The van der Waals surface area contributed by atoms with Crippen LogP contribution >= 0.6 is 0 Å². The van der Waals surface area contributed by atoms with Crippen LogP contribution in [0.2, 0.25) is 0 Å². The molecule has 0 bridgehead atoms. The fourth-order valence-electron chi connectivity index (χ4n) is 2.23. The number of hydrogen-bond acceptors (Lipinski definition) is 5. The lowest BCUT2D eigenvalue weighted by Crippen LogP contribution is -2.05. The standard InChI is InChI=1S/C17H18N2O3/c1-20-15-9-8-13(16(21-2)17(15)22-3)11-19-14-7-5-4-6-12(14)10-18/h4-9,19H,11H2,1-3H3. The number of methoxy groups -OCH3 is 3. The first-order valence-corrected chi connectivity index (χ1v) is 6.76. The summed E-state index contributed by atoms with van der Waals surface area (Å²) in [5.74, 6) is 1.78. The first kappa shape index (κ1) is 15.5. The molecule has 0 aromatic heterocycles. The van der Waals surface area contributed by atoms with Gasteiger partial charge >= 0.3 is 0 Å². The largest absolute Gasteiger partial charge is 0.493 e. The van der Waals surface area contributed by atoms with E-state index in [9.17, 15) is 0 Å². The predicted octanol–water partition coefficient (Wildman–Crippen LogP) is 3.20. The van der Waals surface area contributed by atoms with E-state index in [0.29, 0.717) is 29.4 Å². The quantitative estimate of drug-likeness (QED) is 0.887. The Balaban J connectivity index is 2.28. The van der Waals surface area contributed by atoms with Crippen LogP contribution < -0.4 is 19.5 Å². The van der Waals surface area contributed by atoms with Crippen LogP contribution in [0.3, 0.4) is 0 Å². The van der Waals surface area contributed by atoms with Crippen molar-refractivity contribution < 1.29 is 14.2 Å². The number of nitrogens with one attached hydrogen (secondary N) is 1. The molecule has 0 radical (unpaired) electrons. The van der Waals surface area contributed by atoms with Crippen molar-refractivity contribution in [2.45, 2.75) is 6.54 Å². The van der Waals surface area contributed by atoms with Crippen LogP contribution in [-0.2, 0) is 6.54 Å². The Morgan fingerprint density at radius 2 is 1.68 bits per heavy atom. The summed E-state index contributed by atoms with van der Waals surface area (Å²) in [6, 6.07) is 13.3. The Morgan fingerprint density at radius 3 is 2.32 bits per heavy atom. The summed E-state index contributed by atoms with van der Waals surface area (Å²) in [5.41, 5.74) is 2.29. The number of nitrogens with zero attached hydrogens (tertiary/aromatic N) is 1. The van der Waals surface area contributed by atoms with E-state index in [-0.39, 0.29) is 0 Å². The number of hydrogen-bond donors (Lipinski definition) is 1. The second-order valence-electron chi connectivity index (χ2n) is 4.50. The summed E-state index contributed by atoms with van der Waals surface area (Å²) >= 11 is 0. The van der Waals surface area contributed by atoms with Crippen molar-refractivity contribution in [1.29, 1.82) is 5.26 Å². The van der Waals surface area contributed by atoms with Gasteiger partial charge in [-0.15, -0.1) is 0 Å². The number of ether oxygens (including phenoxy) is 3. The number of benzene rings is 2. The minimum atomic E-state index is 0.502. The average molecular weight is 298 g/mol. The van der Waals surface area contributed by atoms with Gasteiger partial charge in [0, 0.05) is 12.1 Å². The molecule has 0 aliphatic rings. The van der Waals surface area contributed by atoms with Crippen LogP contribution in [0, 0.1) is 11.3 Å². The van der Waals surface area contributed by atoms with E-state index in [1.807, 2.05) is 30.3 Å². The summed E-state index contributed by atoms with van der Waals surface area (Å²) in [5, 5.41) is 12.4. The minimum absolute atomic E-state index is 0.502. The molecule has 1 N–H and O–H groups in total. The smallest absolute Gasteiger partial charge is 0.203 e. The molecule has 0 saturated heterocycles. The monoisotopic (exact) mass is 298 g/mol. The number of nitriles is 1. The van der Waals surface area contributed by atoms with Crippen molar-refractivity contribution in [3.8, 4) is 23.3 Å². The van der Waals surface area contributed by atoms with Crippen molar-refractivity contribution in [1.82, 2.24) is 0 Å². The third kappa shape index (κ3) is 3.07. The van der Waals surface area contributed by atoms with Gasteiger partial charge in [0.2, 0.25) is 5.75 Å². The maximum Gasteiger partial charge on any atom is 0.203 e. The maximum absolute atomic E-state index is 9.12. The summed E-state index contributed by atoms with van der Waals surface area (Å²) in [6.45, 7) is 0.502. The van der Waals surface area contributed by atoms with E-state index < -0.39 is 0 Å². The van der Waals surface area contributed by atoms with Gasteiger partial charge in [0.05, 0.1) is 32.6 Å². The number of anilines is 1. The molecular weight excluding hydrogens is 280 g/mol. The molecule has 0 amide bonds. The zero-order chi connectivity index (χ0) is 15.9. The number of para-hydroxylation sites is 1. The first-order chi connectivity index (χ1) is 10.7. The predicted molar refractivity (Wildman–Crippen MR) is 84.6 cm³/mol. The lowest BCUT2D eigenvalue weighted by Gasteiger charge is -2.16. The van der Waals surface area contributed by atoms with Crippen molar-refractivity contribution in [3.63, 3.8) is 0 Å². The molecule has 0 aliphatic carbocycles. The van der Waals surface area contributed by atoms with Gasteiger partial charge in [0.1, 0.15) is 6.07 Å². The van der Waals surface area contributed by atoms with Crippen LogP contribution in [0.25, 0.3) is 0 Å². The molecule has 0 heterocycles. The fraction of sp³-hybridized carbons (Fsp3) is 0.235. The van der Waals surface area contributed by atoms with Crippen LogP contribution in [0.15, 0.2) is 36.4 Å². The van der Waals surface area contributed by atoms with Crippen molar-refractivity contribution in [3.05, 3.63) is 47.5 Å². The second-order valence-corrected chi connectivity index (χ2v) is 4.50. The number of rotatable bonds is 6.